The van der Waals surface area contributed by atoms with Crippen LogP contribution < -0.4 is 10.2 Å². The zero-order valence-corrected chi connectivity index (χ0v) is 13.5. The van der Waals surface area contributed by atoms with Gasteiger partial charge in [0.05, 0.1) is 6.54 Å². The summed E-state index contributed by atoms with van der Waals surface area (Å²) in [6.45, 7) is 7.62. The van der Waals surface area contributed by atoms with E-state index in [0.717, 1.165) is 31.7 Å². The van der Waals surface area contributed by atoms with Gasteiger partial charge in [-0.05, 0) is 31.9 Å². The minimum absolute atomic E-state index is 0. The van der Waals surface area contributed by atoms with Crippen molar-refractivity contribution in [2.75, 3.05) is 31.1 Å². The molecule has 1 amide bonds. The second-order valence-electron chi connectivity index (χ2n) is 6.09. The van der Waals surface area contributed by atoms with Crippen LogP contribution in [0.15, 0.2) is 24.3 Å². The lowest BCUT2D eigenvalue weighted by Crippen LogP contribution is -2.56. The highest BCUT2D eigenvalue weighted by molar-refractivity contribution is 5.96. The smallest absolute Gasteiger partial charge is 0.241 e. The number of anilines is 1. The van der Waals surface area contributed by atoms with Crippen molar-refractivity contribution in [3.63, 3.8) is 0 Å². The highest BCUT2D eigenvalue weighted by Gasteiger charge is 2.28. The monoisotopic (exact) mass is 309 g/mol. The summed E-state index contributed by atoms with van der Waals surface area (Å²) in [4.78, 5) is 16.8. The first kappa shape index (κ1) is 16.3. The molecule has 2 aliphatic rings. The maximum atomic E-state index is 12.6. The van der Waals surface area contributed by atoms with Gasteiger partial charge in [-0.3, -0.25) is 9.69 Å². The number of fused-ring (bicyclic) bond motifs is 1. The summed E-state index contributed by atoms with van der Waals surface area (Å²) in [7, 11) is 0. The van der Waals surface area contributed by atoms with E-state index in [0.29, 0.717) is 18.6 Å². The number of benzene rings is 1. The first-order chi connectivity index (χ1) is 9.63. The van der Waals surface area contributed by atoms with Crippen LogP contribution in [0.5, 0.6) is 0 Å². The molecule has 1 aromatic carbocycles. The summed E-state index contributed by atoms with van der Waals surface area (Å²) < 4.78 is 0. The van der Waals surface area contributed by atoms with Gasteiger partial charge in [-0.1, -0.05) is 18.2 Å². The number of amides is 1. The first-order valence-corrected chi connectivity index (χ1v) is 7.50. The molecule has 1 fully saturated rings. The van der Waals surface area contributed by atoms with Crippen molar-refractivity contribution >= 4 is 24.0 Å². The third kappa shape index (κ3) is 3.57. The SMILES string of the molecule is CC1CN(CC(=O)N2CCc3ccccc32)CC(C)N1.Cl. The normalized spacial score (nSPS) is 25.3. The van der Waals surface area contributed by atoms with Gasteiger partial charge in [0.2, 0.25) is 5.91 Å². The molecule has 0 bridgehead atoms. The number of nitrogens with one attached hydrogen (secondary N) is 1. The molecule has 2 aliphatic heterocycles. The molecule has 0 aromatic heterocycles. The molecule has 4 nitrogen and oxygen atoms in total. The minimum atomic E-state index is 0. The van der Waals surface area contributed by atoms with Crippen molar-refractivity contribution in [1.82, 2.24) is 10.2 Å². The van der Waals surface area contributed by atoms with Crippen molar-refractivity contribution in [3.05, 3.63) is 29.8 Å². The molecule has 2 heterocycles. The fraction of sp³-hybridized carbons (Fsp3) is 0.562. The maximum absolute atomic E-state index is 12.6. The van der Waals surface area contributed by atoms with Gasteiger partial charge in [0.1, 0.15) is 0 Å². The zero-order valence-electron chi connectivity index (χ0n) is 12.7. The number of hydrogen-bond acceptors (Lipinski definition) is 3. The predicted molar refractivity (Wildman–Crippen MR) is 88.2 cm³/mol. The number of hydrogen-bond donors (Lipinski definition) is 1. The molecule has 0 radical (unpaired) electrons. The van der Waals surface area contributed by atoms with E-state index in [2.05, 4.69) is 36.2 Å². The van der Waals surface area contributed by atoms with Crippen molar-refractivity contribution in [1.29, 1.82) is 0 Å². The van der Waals surface area contributed by atoms with E-state index in [1.807, 2.05) is 17.0 Å². The Bertz CT molecular complexity index is 498. The number of rotatable bonds is 2. The molecule has 3 rings (SSSR count). The van der Waals surface area contributed by atoms with Crippen LogP contribution in [0.1, 0.15) is 19.4 Å². The molecule has 5 heteroatoms. The number of para-hydroxylation sites is 1. The predicted octanol–water partition coefficient (Wildman–Crippen LogP) is 1.68. The highest BCUT2D eigenvalue weighted by Crippen LogP contribution is 2.27. The van der Waals surface area contributed by atoms with Gasteiger partial charge in [-0.25, -0.2) is 0 Å². The van der Waals surface area contributed by atoms with Gasteiger partial charge in [-0.2, -0.15) is 0 Å². The molecule has 1 aromatic rings. The zero-order chi connectivity index (χ0) is 14.1. The van der Waals surface area contributed by atoms with E-state index in [9.17, 15) is 4.79 Å². The summed E-state index contributed by atoms with van der Waals surface area (Å²) in [5.41, 5.74) is 2.40. The maximum Gasteiger partial charge on any atom is 0.241 e. The third-order valence-electron chi connectivity index (χ3n) is 4.18. The van der Waals surface area contributed by atoms with Crippen LogP contribution in [0.3, 0.4) is 0 Å². The first-order valence-electron chi connectivity index (χ1n) is 7.50. The Hall–Kier alpha value is -1.10. The number of carbonyl (C=O) groups is 1. The van der Waals surface area contributed by atoms with Crippen LogP contribution in [0, 0.1) is 0 Å². The highest BCUT2D eigenvalue weighted by atomic mass is 35.5. The van der Waals surface area contributed by atoms with Crippen LogP contribution in [-0.2, 0) is 11.2 Å². The van der Waals surface area contributed by atoms with Crippen molar-refractivity contribution in [2.24, 2.45) is 0 Å². The number of halogens is 1. The van der Waals surface area contributed by atoms with Crippen molar-refractivity contribution in [3.8, 4) is 0 Å². The van der Waals surface area contributed by atoms with E-state index in [4.69, 9.17) is 0 Å². The lowest BCUT2D eigenvalue weighted by Gasteiger charge is -2.36. The standard InChI is InChI=1S/C16H23N3O.ClH/c1-12-9-18(10-13(2)17-12)11-16(20)19-8-7-14-5-3-4-6-15(14)19;/h3-6,12-13,17H,7-11H2,1-2H3;1H. The topological polar surface area (TPSA) is 35.6 Å². The van der Waals surface area contributed by atoms with Crippen LogP contribution in [0.2, 0.25) is 0 Å². The Morgan fingerprint density at radius 3 is 2.62 bits per heavy atom. The molecule has 0 aliphatic carbocycles. The molecular weight excluding hydrogens is 286 g/mol. The molecule has 1 N–H and O–H groups in total. The Morgan fingerprint density at radius 1 is 1.24 bits per heavy atom. The molecule has 0 spiro atoms. The second kappa shape index (κ2) is 6.77. The van der Waals surface area contributed by atoms with E-state index < -0.39 is 0 Å². The molecule has 0 saturated carbocycles. The van der Waals surface area contributed by atoms with Gasteiger partial charge < -0.3 is 10.2 Å². The van der Waals surface area contributed by atoms with E-state index in [1.165, 1.54) is 5.56 Å². The second-order valence-corrected chi connectivity index (χ2v) is 6.09. The Morgan fingerprint density at radius 2 is 1.90 bits per heavy atom. The lowest BCUT2D eigenvalue weighted by molar-refractivity contribution is -0.120. The van der Waals surface area contributed by atoms with Gasteiger partial charge in [-0.15, -0.1) is 12.4 Å². The van der Waals surface area contributed by atoms with Crippen molar-refractivity contribution in [2.45, 2.75) is 32.4 Å². The minimum Gasteiger partial charge on any atom is -0.311 e. The lowest BCUT2D eigenvalue weighted by atomic mass is 10.1. The Kier molecular flexibility index (Phi) is 5.25. The van der Waals surface area contributed by atoms with Crippen LogP contribution in [-0.4, -0.2) is 49.1 Å². The van der Waals surface area contributed by atoms with Crippen LogP contribution in [0.25, 0.3) is 0 Å². The number of carbonyl (C=O) groups excluding carboxylic acids is 1. The fourth-order valence-electron chi connectivity index (χ4n) is 3.44. The molecule has 2 atom stereocenters. The van der Waals surface area contributed by atoms with E-state index in [1.54, 1.807) is 0 Å². The molecule has 21 heavy (non-hydrogen) atoms. The quantitative estimate of drug-likeness (QED) is 0.903. The summed E-state index contributed by atoms with van der Waals surface area (Å²) >= 11 is 0. The molecule has 2 unspecified atom stereocenters. The average molecular weight is 310 g/mol. The van der Waals surface area contributed by atoms with Crippen molar-refractivity contribution < 1.29 is 4.79 Å². The summed E-state index contributed by atoms with van der Waals surface area (Å²) in [6.07, 6.45) is 0.982. The Labute approximate surface area is 132 Å². The molecule has 1 saturated heterocycles. The number of nitrogens with zero attached hydrogens (tertiary/aromatic N) is 2. The Balaban J connectivity index is 0.00000161. The third-order valence-corrected chi connectivity index (χ3v) is 4.18. The largest absolute Gasteiger partial charge is 0.311 e. The number of piperazine rings is 1. The van der Waals surface area contributed by atoms with Gasteiger partial charge in [0.25, 0.3) is 0 Å². The molecule has 116 valence electrons. The van der Waals surface area contributed by atoms with E-state index in [-0.39, 0.29) is 18.3 Å². The summed E-state index contributed by atoms with van der Waals surface area (Å²) in [5, 5.41) is 3.50. The van der Waals surface area contributed by atoms with Crippen LogP contribution in [0.4, 0.5) is 5.69 Å². The van der Waals surface area contributed by atoms with Gasteiger partial charge >= 0.3 is 0 Å². The summed E-state index contributed by atoms with van der Waals surface area (Å²) in [5.74, 6) is 0.233. The van der Waals surface area contributed by atoms with Gasteiger partial charge in [0.15, 0.2) is 0 Å². The molecular formula is C16H24ClN3O. The van der Waals surface area contributed by atoms with Gasteiger partial charge in [0, 0.05) is 37.4 Å². The van der Waals surface area contributed by atoms with E-state index >= 15 is 0 Å². The fourth-order valence-corrected chi connectivity index (χ4v) is 3.44. The summed E-state index contributed by atoms with van der Waals surface area (Å²) in [6, 6.07) is 9.15. The average Bonchev–Trinajstić information content (AvgIpc) is 2.81. The van der Waals surface area contributed by atoms with Crippen LogP contribution >= 0.6 is 12.4 Å².